The molecular weight excluding hydrogens is 400 g/mol. The summed E-state index contributed by atoms with van der Waals surface area (Å²) in [6.45, 7) is 3.82. The zero-order chi connectivity index (χ0) is 20.9. The lowest BCUT2D eigenvalue weighted by Crippen LogP contribution is -2.50. The number of halogens is 2. The van der Waals surface area contributed by atoms with Crippen LogP contribution in [0.4, 0.5) is 14.7 Å². The van der Waals surface area contributed by atoms with E-state index in [-0.39, 0.29) is 41.3 Å². The van der Waals surface area contributed by atoms with Crippen LogP contribution in [0.25, 0.3) is 5.52 Å². The van der Waals surface area contributed by atoms with Crippen molar-refractivity contribution in [3.63, 3.8) is 0 Å². The van der Waals surface area contributed by atoms with Gasteiger partial charge in [-0.15, -0.1) is 11.5 Å². The molecule has 0 amide bonds. The third-order valence-corrected chi connectivity index (χ3v) is 7.84. The van der Waals surface area contributed by atoms with Gasteiger partial charge in [-0.1, -0.05) is 19.8 Å². The summed E-state index contributed by atoms with van der Waals surface area (Å²) >= 11 is 0. The predicted octanol–water partition coefficient (Wildman–Crippen LogP) is 2.29. The van der Waals surface area contributed by atoms with Crippen molar-refractivity contribution >= 4 is 21.5 Å². The normalized spacial score (nSPS) is 23.4. The number of aromatic nitrogens is 3. The Kier molecular flexibility index (Phi) is 4.99. The fraction of sp³-hybridized carbons (Fsp3) is 0.579. The maximum Gasteiger partial charge on any atom is 0.241 e. The number of alkyl halides is 1. The van der Waals surface area contributed by atoms with Crippen molar-refractivity contribution < 1.29 is 17.2 Å². The molecule has 29 heavy (non-hydrogen) atoms. The molecule has 1 aliphatic carbocycles. The van der Waals surface area contributed by atoms with Gasteiger partial charge < -0.3 is 5.32 Å². The van der Waals surface area contributed by atoms with Gasteiger partial charge in [-0.25, -0.2) is 26.7 Å². The molecule has 0 aromatic carbocycles. The van der Waals surface area contributed by atoms with E-state index in [1.165, 1.54) is 15.0 Å². The summed E-state index contributed by atoms with van der Waals surface area (Å²) in [4.78, 5) is 4.10. The van der Waals surface area contributed by atoms with Gasteiger partial charge in [-0.2, -0.15) is 4.31 Å². The fourth-order valence-corrected chi connectivity index (χ4v) is 5.64. The Balaban J connectivity index is 1.56. The molecule has 0 radical (unpaired) electrons. The molecule has 4 rings (SSSR count). The van der Waals surface area contributed by atoms with Crippen molar-refractivity contribution in [1.29, 1.82) is 0 Å². The first-order valence-electron chi connectivity index (χ1n) is 9.67. The molecule has 2 aromatic heterocycles. The molecule has 10 heteroatoms. The summed E-state index contributed by atoms with van der Waals surface area (Å²) in [5, 5.41) is 6.91. The van der Waals surface area contributed by atoms with Crippen molar-refractivity contribution in [2.24, 2.45) is 0 Å². The molecular formula is C19H23F2N5O2S. The lowest BCUT2D eigenvalue weighted by molar-refractivity contribution is 0.185. The smallest absolute Gasteiger partial charge is 0.241 e. The standard InChI is InChI=1S/C19H23F2N5O2S/c1-4-13-17(21)16-9-22-19(24-26(16)18(13)11(2)3)23-15-7-8-25(10-14(15)20)29(27,28)12-5-6-12/h1,9,11-12,14-15H,5-8,10H2,2-3H3,(H,23,24)/t14-,15-/m1/s1. The molecule has 0 spiro atoms. The minimum atomic E-state index is -3.40. The van der Waals surface area contributed by atoms with E-state index in [1.807, 2.05) is 13.8 Å². The predicted molar refractivity (Wildman–Crippen MR) is 105 cm³/mol. The van der Waals surface area contributed by atoms with Gasteiger partial charge in [-0.3, -0.25) is 0 Å². The van der Waals surface area contributed by atoms with Gasteiger partial charge in [0.25, 0.3) is 0 Å². The van der Waals surface area contributed by atoms with Crippen molar-refractivity contribution in [3.8, 4) is 12.3 Å². The van der Waals surface area contributed by atoms with E-state index in [2.05, 4.69) is 21.3 Å². The number of anilines is 1. The first-order chi connectivity index (χ1) is 13.7. The highest BCUT2D eigenvalue weighted by atomic mass is 32.2. The summed E-state index contributed by atoms with van der Waals surface area (Å²) in [7, 11) is -3.40. The van der Waals surface area contributed by atoms with Crippen LogP contribution in [-0.2, 0) is 10.0 Å². The first-order valence-corrected chi connectivity index (χ1v) is 11.2. The van der Waals surface area contributed by atoms with Crippen LogP contribution in [-0.4, -0.2) is 57.9 Å². The number of fused-ring (bicyclic) bond motifs is 1. The molecule has 0 bridgehead atoms. The molecule has 2 fully saturated rings. The summed E-state index contributed by atoms with van der Waals surface area (Å²) in [5.74, 6) is 1.88. The van der Waals surface area contributed by atoms with Crippen LogP contribution in [0, 0.1) is 18.2 Å². The molecule has 0 unspecified atom stereocenters. The highest BCUT2D eigenvalue weighted by Crippen LogP contribution is 2.33. The third-order valence-electron chi connectivity index (χ3n) is 5.48. The number of nitrogens with zero attached hydrogens (tertiary/aromatic N) is 4. The van der Waals surface area contributed by atoms with Gasteiger partial charge in [-0.05, 0) is 25.2 Å². The van der Waals surface area contributed by atoms with Gasteiger partial charge >= 0.3 is 0 Å². The monoisotopic (exact) mass is 423 g/mol. The lowest BCUT2D eigenvalue weighted by Gasteiger charge is -2.34. The number of sulfonamides is 1. The van der Waals surface area contributed by atoms with Crippen LogP contribution < -0.4 is 5.32 Å². The van der Waals surface area contributed by atoms with Gasteiger partial charge in [0.2, 0.25) is 16.0 Å². The fourth-order valence-electron chi connectivity index (χ4n) is 3.78. The lowest BCUT2D eigenvalue weighted by atomic mass is 10.1. The van der Waals surface area contributed by atoms with E-state index in [0.29, 0.717) is 25.0 Å². The molecule has 1 N–H and O–H groups in total. The maximum atomic E-state index is 14.7. The molecule has 7 nitrogen and oxygen atoms in total. The van der Waals surface area contributed by atoms with Gasteiger partial charge in [0.15, 0.2) is 5.82 Å². The molecule has 1 saturated heterocycles. The topological polar surface area (TPSA) is 79.6 Å². The summed E-state index contributed by atoms with van der Waals surface area (Å²) in [5.41, 5.74) is 0.857. The Hall–Kier alpha value is -2.25. The maximum absolute atomic E-state index is 14.7. The van der Waals surface area contributed by atoms with Gasteiger partial charge in [0.05, 0.1) is 28.7 Å². The number of nitrogens with one attached hydrogen (secondary N) is 1. The van der Waals surface area contributed by atoms with Crippen molar-refractivity contribution in [3.05, 3.63) is 23.3 Å². The second-order valence-corrected chi connectivity index (χ2v) is 10.1. The Morgan fingerprint density at radius 2 is 2.07 bits per heavy atom. The highest BCUT2D eigenvalue weighted by Gasteiger charge is 2.43. The largest absolute Gasteiger partial charge is 0.347 e. The zero-order valence-electron chi connectivity index (χ0n) is 16.3. The van der Waals surface area contributed by atoms with E-state index in [4.69, 9.17) is 6.42 Å². The van der Waals surface area contributed by atoms with E-state index >= 15 is 0 Å². The molecule has 1 aliphatic heterocycles. The van der Waals surface area contributed by atoms with Gasteiger partial charge in [0.1, 0.15) is 11.7 Å². The molecule has 2 aromatic rings. The number of hydrogen-bond acceptors (Lipinski definition) is 5. The SMILES string of the molecule is C#Cc1c(F)c2cnc(N[C@@H]3CCN(S(=O)(=O)C4CC4)C[C@H]3F)nn2c1C(C)C. The van der Waals surface area contributed by atoms with Crippen LogP contribution in [0.15, 0.2) is 6.20 Å². The number of hydrogen-bond donors (Lipinski definition) is 1. The van der Waals surface area contributed by atoms with Crippen molar-refractivity contribution in [2.75, 3.05) is 18.4 Å². The van der Waals surface area contributed by atoms with Crippen molar-refractivity contribution in [1.82, 2.24) is 18.9 Å². The number of piperidine rings is 1. The number of rotatable bonds is 5. The Bertz CT molecular complexity index is 1090. The van der Waals surface area contributed by atoms with Crippen LogP contribution in [0.3, 0.4) is 0 Å². The average molecular weight is 423 g/mol. The van der Waals surface area contributed by atoms with Gasteiger partial charge in [0, 0.05) is 13.1 Å². The summed E-state index contributed by atoms with van der Waals surface area (Å²) in [6, 6.07) is -0.631. The van der Waals surface area contributed by atoms with E-state index in [0.717, 1.165) is 0 Å². The average Bonchev–Trinajstić information content (AvgIpc) is 3.49. The van der Waals surface area contributed by atoms with Crippen LogP contribution in [0.2, 0.25) is 0 Å². The zero-order valence-corrected chi connectivity index (χ0v) is 17.1. The van der Waals surface area contributed by atoms with Crippen LogP contribution >= 0.6 is 0 Å². The van der Waals surface area contributed by atoms with Crippen LogP contribution in [0.5, 0.6) is 0 Å². The second kappa shape index (κ2) is 7.22. The van der Waals surface area contributed by atoms with E-state index < -0.39 is 28.1 Å². The molecule has 2 atom stereocenters. The van der Waals surface area contributed by atoms with E-state index in [9.17, 15) is 17.2 Å². The molecule has 3 heterocycles. The minimum Gasteiger partial charge on any atom is -0.347 e. The highest BCUT2D eigenvalue weighted by molar-refractivity contribution is 7.90. The van der Waals surface area contributed by atoms with E-state index in [1.54, 1.807) is 0 Å². The third kappa shape index (κ3) is 3.46. The molecule has 1 saturated carbocycles. The quantitative estimate of drug-likeness (QED) is 0.747. The van der Waals surface area contributed by atoms with Crippen molar-refractivity contribution in [2.45, 2.75) is 56.5 Å². The second-order valence-electron chi connectivity index (χ2n) is 7.91. The Morgan fingerprint density at radius 1 is 1.34 bits per heavy atom. The summed E-state index contributed by atoms with van der Waals surface area (Å²) in [6.07, 6.45) is 6.97. The molecule has 2 aliphatic rings. The first kappa shape index (κ1) is 20.0. The Morgan fingerprint density at radius 3 is 2.66 bits per heavy atom. The molecule has 156 valence electrons. The van der Waals surface area contributed by atoms with Crippen LogP contribution in [0.1, 0.15) is 50.3 Å². The summed E-state index contributed by atoms with van der Waals surface area (Å²) < 4.78 is 56.6. The minimum absolute atomic E-state index is 0.0782. The Labute approximate surface area is 168 Å². The number of terminal acetylenes is 1.